The van der Waals surface area contributed by atoms with E-state index in [1.165, 1.54) is 5.56 Å². The lowest BCUT2D eigenvalue weighted by atomic mass is 10.1. The highest BCUT2D eigenvalue weighted by Crippen LogP contribution is 2.16. The first-order valence-corrected chi connectivity index (χ1v) is 9.25. The lowest BCUT2D eigenvalue weighted by molar-refractivity contribution is 0.0949. The van der Waals surface area contributed by atoms with Crippen LogP contribution in [0, 0.1) is 20.8 Å². The molecule has 28 heavy (non-hydrogen) atoms. The average molecular weight is 372 g/mol. The Balaban J connectivity index is 1.62. The van der Waals surface area contributed by atoms with E-state index in [0.717, 1.165) is 22.4 Å². The van der Waals surface area contributed by atoms with Gasteiger partial charge in [0.25, 0.3) is 11.8 Å². The number of rotatable bonds is 5. The van der Waals surface area contributed by atoms with Crippen molar-refractivity contribution in [1.29, 1.82) is 0 Å². The van der Waals surface area contributed by atoms with Crippen molar-refractivity contribution in [3.05, 3.63) is 100 Å². The van der Waals surface area contributed by atoms with Crippen LogP contribution in [0.2, 0.25) is 0 Å². The number of carbonyl (C=O) groups is 2. The lowest BCUT2D eigenvalue weighted by Gasteiger charge is -2.09. The van der Waals surface area contributed by atoms with Crippen LogP contribution in [0.4, 0.5) is 5.69 Å². The maximum Gasteiger partial charge on any atom is 0.255 e. The van der Waals surface area contributed by atoms with Gasteiger partial charge in [0.15, 0.2) is 0 Å². The summed E-state index contributed by atoms with van der Waals surface area (Å²) in [5, 5.41) is 5.80. The summed E-state index contributed by atoms with van der Waals surface area (Å²) in [6.45, 7) is 6.53. The summed E-state index contributed by atoms with van der Waals surface area (Å²) < 4.78 is 0. The quantitative estimate of drug-likeness (QED) is 0.676. The van der Waals surface area contributed by atoms with Crippen molar-refractivity contribution >= 4 is 17.5 Å². The molecule has 0 aliphatic heterocycles. The van der Waals surface area contributed by atoms with Gasteiger partial charge >= 0.3 is 0 Å². The third kappa shape index (κ3) is 4.65. The van der Waals surface area contributed by atoms with E-state index < -0.39 is 0 Å². The minimum absolute atomic E-state index is 0.163. The molecule has 2 amide bonds. The largest absolute Gasteiger partial charge is 0.348 e. The number of hydrogen-bond acceptors (Lipinski definition) is 2. The monoisotopic (exact) mass is 372 g/mol. The van der Waals surface area contributed by atoms with Crippen molar-refractivity contribution in [3.63, 3.8) is 0 Å². The summed E-state index contributed by atoms with van der Waals surface area (Å²) in [4.78, 5) is 24.8. The minimum atomic E-state index is -0.199. The van der Waals surface area contributed by atoms with Crippen molar-refractivity contribution < 1.29 is 9.59 Å². The average Bonchev–Trinajstić information content (AvgIpc) is 2.70. The van der Waals surface area contributed by atoms with Gasteiger partial charge in [0.1, 0.15) is 0 Å². The molecule has 3 aromatic carbocycles. The van der Waals surface area contributed by atoms with E-state index in [-0.39, 0.29) is 11.8 Å². The molecule has 0 atom stereocenters. The number of aryl methyl sites for hydroxylation is 3. The standard InChI is InChI=1S/C24H24N2O2/c1-16-8-13-22(14-18(16)3)26-24(28)20-11-9-19(10-12-20)23(27)25-15-21-7-5-4-6-17(21)2/h4-14H,15H2,1-3H3,(H,25,27)(H,26,28). The number of hydrogen-bond donors (Lipinski definition) is 2. The first-order valence-electron chi connectivity index (χ1n) is 9.25. The topological polar surface area (TPSA) is 58.2 Å². The summed E-state index contributed by atoms with van der Waals surface area (Å²) in [5.41, 5.74) is 6.32. The van der Waals surface area contributed by atoms with Crippen molar-refractivity contribution in [3.8, 4) is 0 Å². The molecule has 0 saturated carbocycles. The van der Waals surface area contributed by atoms with Crippen molar-refractivity contribution in [2.45, 2.75) is 27.3 Å². The number of anilines is 1. The second kappa shape index (κ2) is 8.53. The van der Waals surface area contributed by atoms with Gasteiger partial charge in [0, 0.05) is 23.4 Å². The molecular formula is C24H24N2O2. The Labute approximate surface area is 165 Å². The summed E-state index contributed by atoms with van der Waals surface area (Å²) in [6, 6.07) is 20.4. The second-order valence-electron chi connectivity index (χ2n) is 6.94. The fourth-order valence-corrected chi connectivity index (χ4v) is 2.88. The van der Waals surface area contributed by atoms with Crippen molar-refractivity contribution in [2.75, 3.05) is 5.32 Å². The lowest BCUT2D eigenvalue weighted by Crippen LogP contribution is -2.23. The SMILES string of the molecule is Cc1ccc(NC(=O)c2ccc(C(=O)NCc3ccccc3C)cc2)cc1C. The summed E-state index contributed by atoms with van der Waals surface area (Å²) >= 11 is 0. The molecule has 0 heterocycles. The van der Waals surface area contributed by atoms with Crippen molar-refractivity contribution in [2.24, 2.45) is 0 Å². The fraction of sp³-hybridized carbons (Fsp3) is 0.167. The van der Waals surface area contributed by atoms with Crippen LogP contribution in [-0.2, 0) is 6.54 Å². The third-order valence-electron chi connectivity index (χ3n) is 4.87. The predicted octanol–water partition coefficient (Wildman–Crippen LogP) is 4.79. The van der Waals surface area contributed by atoms with Gasteiger partial charge in [-0.1, -0.05) is 30.3 Å². The van der Waals surface area contributed by atoms with Crippen LogP contribution >= 0.6 is 0 Å². The molecule has 0 radical (unpaired) electrons. The van der Waals surface area contributed by atoms with Crippen LogP contribution < -0.4 is 10.6 Å². The molecule has 4 nitrogen and oxygen atoms in total. The Kier molecular flexibility index (Phi) is 5.90. The molecule has 0 unspecified atom stereocenters. The van der Waals surface area contributed by atoms with Crippen LogP contribution in [0.15, 0.2) is 66.7 Å². The molecule has 0 aromatic heterocycles. The molecular weight excluding hydrogens is 348 g/mol. The zero-order chi connectivity index (χ0) is 20.1. The third-order valence-corrected chi connectivity index (χ3v) is 4.87. The molecule has 0 bridgehead atoms. The Hall–Kier alpha value is -3.40. The molecule has 3 aromatic rings. The molecule has 0 aliphatic rings. The van der Waals surface area contributed by atoms with Crippen LogP contribution in [0.1, 0.15) is 43.0 Å². The molecule has 0 spiro atoms. The highest BCUT2D eigenvalue weighted by Gasteiger charge is 2.10. The smallest absolute Gasteiger partial charge is 0.255 e. The van der Waals surface area contributed by atoms with Gasteiger partial charge in [0.05, 0.1) is 0 Å². The Morgan fingerprint density at radius 1 is 0.714 bits per heavy atom. The number of carbonyl (C=O) groups excluding carboxylic acids is 2. The highest BCUT2D eigenvalue weighted by molar-refractivity contribution is 6.05. The van der Waals surface area contributed by atoms with E-state index in [1.54, 1.807) is 24.3 Å². The van der Waals surface area contributed by atoms with Crippen LogP contribution in [0.3, 0.4) is 0 Å². The molecule has 142 valence electrons. The van der Waals surface area contributed by atoms with Gasteiger partial charge in [-0.05, 0) is 79.4 Å². The number of amides is 2. The van der Waals surface area contributed by atoms with Gasteiger partial charge < -0.3 is 10.6 Å². The Morgan fingerprint density at radius 2 is 1.36 bits per heavy atom. The summed E-state index contributed by atoms with van der Waals surface area (Å²) in [6.07, 6.45) is 0. The highest BCUT2D eigenvalue weighted by atomic mass is 16.2. The molecule has 0 aliphatic carbocycles. The Bertz CT molecular complexity index is 1010. The van der Waals surface area contributed by atoms with E-state index in [9.17, 15) is 9.59 Å². The first kappa shape index (κ1) is 19.4. The first-order chi connectivity index (χ1) is 13.4. The minimum Gasteiger partial charge on any atom is -0.348 e. The van der Waals surface area contributed by atoms with Gasteiger partial charge in [0.2, 0.25) is 0 Å². The van der Waals surface area contributed by atoms with E-state index >= 15 is 0 Å². The number of benzene rings is 3. The van der Waals surface area contributed by atoms with E-state index in [1.807, 2.05) is 63.2 Å². The zero-order valence-electron chi connectivity index (χ0n) is 16.4. The van der Waals surface area contributed by atoms with Crippen LogP contribution in [0.25, 0.3) is 0 Å². The normalized spacial score (nSPS) is 10.4. The maximum absolute atomic E-state index is 12.4. The van der Waals surface area contributed by atoms with Crippen LogP contribution in [0.5, 0.6) is 0 Å². The molecule has 2 N–H and O–H groups in total. The maximum atomic E-state index is 12.4. The van der Waals surface area contributed by atoms with Gasteiger partial charge in [-0.15, -0.1) is 0 Å². The molecule has 0 fully saturated rings. The van der Waals surface area contributed by atoms with E-state index in [4.69, 9.17) is 0 Å². The van der Waals surface area contributed by atoms with Crippen molar-refractivity contribution in [1.82, 2.24) is 5.32 Å². The Morgan fingerprint density at radius 3 is 2.00 bits per heavy atom. The molecule has 3 rings (SSSR count). The van der Waals surface area contributed by atoms with Gasteiger partial charge in [-0.3, -0.25) is 9.59 Å². The van der Waals surface area contributed by atoms with E-state index in [2.05, 4.69) is 10.6 Å². The molecule has 0 saturated heterocycles. The van der Waals surface area contributed by atoms with Gasteiger partial charge in [-0.2, -0.15) is 0 Å². The predicted molar refractivity (Wildman–Crippen MR) is 113 cm³/mol. The van der Waals surface area contributed by atoms with Gasteiger partial charge in [-0.25, -0.2) is 0 Å². The summed E-state index contributed by atoms with van der Waals surface area (Å²) in [7, 11) is 0. The van der Waals surface area contributed by atoms with E-state index in [0.29, 0.717) is 17.7 Å². The fourth-order valence-electron chi connectivity index (χ4n) is 2.88. The second-order valence-corrected chi connectivity index (χ2v) is 6.94. The number of nitrogens with one attached hydrogen (secondary N) is 2. The molecule has 4 heteroatoms. The zero-order valence-corrected chi connectivity index (χ0v) is 16.4. The summed E-state index contributed by atoms with van der Waals surface area (Å²) in [5.74, 6) is -0.362. The van der Waals surface area contributed by atoms with Crippen LogP contribution in [-0.4, -0.2) is 11.8 Å².